The smallest absolute Gasteiger partial charge is 0.115 e. The van der Waals surface area contributed by atoms with Gasteiger partial charge in [0.15, 0.2) is 0 Å². The van der Waals surface area contributed by atoms with Gasteiger partial charge in [-0.2, -0.15) is 0 Å². The van der Waals surface area contributed by atoms with Gasteiger partial charge in [0.25, 0.3) is 0 Å². The molecular formula is C15H23NO2. The van der Waals surface area contributed by atoms with E-state index >= 15 is 0 Å². The maximum atomic E-state index is 11.0. The highest BCUT2D eigenvalue weighted by molar-refractivity contribution is 5.32. The lowest BCUT2D eigenvalue weighted by molar-refractivity contribution is -0.0619. The van der Waals surface area contributed by atoms with Gasteiger partial charge in [0.1, 0.15) is 5.75 Å². The molecule has 0 aromatic heterocycles. The summed E-state index contributed by atoms with van der Waals surface area (Å²) in [7, 11) is 4.08. The molecular weight excluding hydrogens is 226 g/mol. The zero-order valence-electron chi connectivity index (χ0n) is 11.3. The first kappa shape index (κ1) is 13.4. The molecule has 1 aliphatic carbocycles. The number of aromatic hydroxyl groups is 1. The van der Waals surface area contributed by atoms with Crippen molar-refractivity contribution >= 4 is 0 Å². The molecule has 1 aromatic carbocycles. The molecule has 1 saturated carbocycles. The summed E-state index contributed by atoms with van der Waals surface area (Å²) in [5.41, 5.74) is 0.0652. The van der Waals surface area contributed by atoms with E-state index in [-0.39, 0.29) is 11.7 Å². The van der Waals surface area contributed by atoms with E-state index in [0.29, 0.717) is 0 Å². The van der Waals surface area contributed by atoms with Gasteiger partial charge in [-0.05, 0) is 44.6 Å². The van der Waals surface area contributed by atoms with E-state index in [4.69, 9.17) is 0 Å². The minimum atomic E-state index is -0.790. The topological polar surface area (TPSA) is 43.7 Å². The van der Waals surface area contributed by atoms with E-state index in [1.807, 2.05) is 26.2 Å². The molecule has 0 radical (unpaired) electrons. The predicted molar refractivity (Wildman–Crippen MR) is 72.5 cm³/mol. The van der Waals surface area contributed by atoms with Crippen molar-refractivity contribution in [3.05, 3.63) is 29.8 Å². The first-order chi connectivity index (χ1) is 8.52. The summed E-state index contributed by atoms with van der Waals surface area (Å²) in [6.45, 7) is 0.881. The van der Waals surface area contributed by atoms with Crippen LogP contribution in [0.15, 0.2) is 24.3 Å². The second kappa shape index (κ2) is 5.29. The molecule has 0 bridgehead atoms. The number of phenolic OH excluding ortho intramolecular Hbond substituents is 1. The lowest BCUT2D eigenvalue weighted by atomic mass is 9.71. The predicted octanol–water partition coefficient (Wildman–Crippen LogP) is 2.33. The Morgan fingerprint density at radius 3 is 2.78 bits per heavy atom. The fourth-order valence-corrected chi connectivity index (χ4v) is 3.07. The summed E-state index contributed by atoms with van der Waals surface area (Å²) in [6, 6.07) is 7.09. The van der Waals surface area contributed by atoms with E-state index in [2.05, 4.69) is 4.90 Å². The second-order valence-electron chi connectivity index (χ2n) is 5.68. The first-order valence-corrected chi connectivity index (χ1v) is 6.69. The van der Waals surface area contributed by atoms with E-state index in [9.17, 15) is 10.2 Å². The third-order valence-electron chi connectivity index (χ3n) is 3.97. The molecule has 1 fully saturated rings. The Labute approximate surface area is 109 Å². The zero-order valence-corrected chi connectivity index (χ0v) is 11.3. The van der Waals surface area contributed by atoms with Crippen LogP contribution in [-0.4, -0.2) is 35.8 Å². The van der Waals surface area contributed by atoms with E-state index in [1.165, 1.54) is 6.42 Å². The Balaban J connectivity index is 2.29. The molecule has 0 spiro atoms. The molecule has 3 nitrogen and oxygen atoms in total. The number of aliphatic hydroxyl groups is 1. The highest BCUT2D eigenvalue weighted by Gasteiger charge is 2.40. The van der Waals surface area contributed by atoms with E-state index in [1.54, 1.807) is 12.1 Å². The fraction of sp³-hybridized carbons (Fsp3) is 0.600. The van der Waals surface area contributed by atoms with Crippen molar-refractivity contribution in [2.45, 2.75) is 31.3 Å². The minimum Gasteiger partial charge on any atom is -0.508 e. The molecule has 2 atom stereocenters. The quantitative estimate of drug-likeness (QED) is 0.864. The Bertz CT molecular complexity index is 405. The monoisotopic (exact) mass is 249 g/mol. The fourth-order valence-electron chi connectivity index (χ4n) is 3.07. The number of benzene rings is 1. The van der Waals surface area contributed by atoms with Crippen LogP contribution in [0.3, 0.4) is 0 Å². The highest BCUT2D eigenvalue weighted by atomic mass is 16.3. The van der Waals surface area contributed by atoms with E-state index in [0.717, 1.165) is 31.4 Å². The lowest BCUT2D eigenvalue weighted by Crippen LogP contribution is -2.43. The summed E-state index contributed by atoms with van der Waals surface area (Å²) in [4.78, 5) is 2.13. The maximum Gasteiger partial charge on any atom is 0.115 e. The molecule has 2 N–H and O–H groups in total. The third kappa shape index (κ3) is 2.68. The SMILES string of the molecule is CN(C)C[C@@H]1CCCC[C@@]1(O)c1cccc(O)c1. The van der Waals surface area contributed by atoms with Crippen molar-refractivity contribution in [3.63, 3.8) is 0 Å². The van der Waals surface area contributed by atoms with Gasteiger partial charge in [0.05, 0.1) is 5.60 Å². The molecule has 2 rings (SSSR count). The zero-order chi connectivity index (χ0) is 13.2. The molecule has 3 heteroatoms. The maximum absolute atomic E-state index is 11.0. The van der Waals surface area contributed by atoms with Gasteiger partial charge in [0, 0.05) is 12.5 Å². The van der Waals surface area contributed by atoms with Crippen LogP contribution in [0.2, 0.25) is 0 Å². The molecule has 1 aromatic rings. The van der Waals surface area contributed by atoms with Gasteiger partial charge < -0.3 is 15.1 Å². The normalized spacial score (nSPS) is 28.6. The van der Waals surface area contributed by atoms with Gasteiger partial charge in [-0.3, -0.25) is 0 Å². The van der Waals surface area contributed by atoms with Gasteiger partial charge in [0.2, 0.25) is 0 Å². The molecule has 1 aliphatic rings. The number of hydrogen-bond acceptors (Lipinski definition) is 3. The van der Waals surface area contributed by atoms with Gasteiger partial charge in [-0.1, -0.05) is 25.0 Å². The van der Waals surface area contributed by atoms with Crippen LogP contribution < -0.4 is 0 Å². The molecule has 18 heavy (non-hydrogen) atoms. The average molecular weight is 249 g/mol. The highest BCUT2D eigenvalue weighted by Crippen LogP contribution is 2.42. The molecule has 0 saturated heterocycles. The first-order valence-electron chi connectivity index (χ1n) is 6.69. The van der Waals surface area contributed by atoms with Crippen molar-refractivity contribution in [1.82, 2.24) is 4.90 Å². The van der Waals surface area contributed by atoms with Crippen LogP contribution >= 0.6 is 0 Å². The van der Waals surface area contributed by atoms with Crippen LogP contribution in [0.5, 0.6) is 5.75 Å². The minimum absolute atomic E-state index is 0.232. The van der Waals surface area contributed by atoms with Crippen LogP contribution in [0, 0.1) is 5.92 Å². The van der Waals surface area contributed by atoms with Crippen molar-refractivity contribution in [2.75, 3.05) is 20.6 Å². The molecule has 0 heterocycles. The van der Waals surface area contributed by atoms with Crippen LogP contribution in [0.1, 0.15) is 31.2 Å². The Kier molecular flexibility index (Phi) is 3.93. The van der Waals surface area contributed by atoms with E-state index < -0.39 is 5.60 Å². The summed E-state index contributed by atoms with van der Waals surface area (Å²) in [5.74, 6) is 0.471. The number of nitrogens with zero attached hydrogens (tertiary/aromatic N) is 1. The summed E-state index contributed by atoms with van der Waals surface area (Å²) >= 11 is 0. The number of phenols is 1. The number of rotatable bonds is 3. The Morgan fingerprint density at radius 1 is 1.33 bits per heavy atom. The molecule has 100 valence electrons. The van der Waals surface area contributed by atoms with Crippen molar-refractivity contribution in [2.24, 2.45) is 5.92 Å². The summed E-state index contributed by atoms with van der Waals surface area (Å²) < 4.78 is 0. The van der Waals surface area contributed by atoms with Crippen molar-refractivity contribution in [1.29, 1.82) is 0 Å². The Morgan fingerprint density at radius 2 is 2.11 bits per heavy atom. The Hall–Kier alpha value is -1.06. The molecule has 0 unspecified atom stereocenters. The molecule has 0 amide bonds. The van der Waals surface area contributed by atoms with Crippen LogP contribution in [-0.2, 0) is 5.60 Å². The van der Waals surface area contributed by atoms with Crippen LogP contribution in [0.25, 0.3) is 0 Å². The average Bonchev–Trinajstić information content (AvgIpc) is 2.32. The second-order valence-corrected chi connectivity index (χ2v) is 5.68. The van der Waals surface area contributed by atoms with Crippen molar-refractivity contribution < 1.29 is 10.2 Å². The lowest BCUT2D eigenvalue weighted by Gasteiger charge is -2.41. The third-order valence-corrected chi connectivity index (χ3v) is 3.97. The van der Waals surface area contributed by atoms with Gasteiger partial charge >= 0.3 is 0 Å². The van der Waals surface area contributed by atoms with Crippen molar-refractivity contribution in [3.8, 4) is 5.75 Å². The standard InChI is InChI=1S/C15H23NO2/c1-16(2)11-13-6-3-4-9-15(13,18)12-7-5-8-14(17)10-12/h5,7-8,10,13,17-18H,3-4,6,9,11H2,1-2H3/t13-,15+/m0/s1. The largest absolute Gasteiger partial charge is 0.508 e. The molecule has 0 aliphatic heterocycles. The number of hydrogen-bond donors (Lipinski definition) is 2. The summed E-state index contributed by atoms with van der Waals surface area (Å²) in [5, 5.41) is 20.6. The van der Waals surface area contributed by atoms with Gasteiger partial charge in [-0.15, -0.1) is 0 Å². The van der Waals surface area contributed by atoms with Gasteiger partial charge in [-0.25, -0.2) is 0 Å². The summed E-state index contributed by atoms with van der Waals surface area (Å²) in [6.07, 6.45) is 4.06. The van der Waals surface area contributed by atoms with Crippen LogP contribution in [0.4, 0.5) is 0 Å².